The van der Waals surface area contributed by atoms with Crippen LogP contribution in [0.15, 0.2) is 224 Å². The SMILES string of the molecule is c1ccc(-c2ccc(C3(c4ccc(-c5ccccc5)cc4)c4ccc(Nc5cccc6c5sc5ccccc56)c5c4-c4c3ccc3c6ccccc6n(c43)-c3ccccc3-5)cc2)cc1. The van der Waals surface area contributed by atoms with Gasteiger partial charge >= 0.3 is 0 Å². The average molecular weight is 831 g/mol. The van der Waals surface area contributed by atoms with Crippen LogP contribution in [-0.2, 0) is 5.41 Å². The molecule has 64 heavy (non-hydrogen) atoms. The van der Waals surface area contributed by atoms with Crippen molar-refractivity contribution in [3.8, 4) is 50.2 Å². The standard InChI is InChI=1S/C61H38N2S/c1-3-14-38(15-4-1)40-26-30-42(31-27-40)61(43-32-28-41(29-33-43)39-16-5-2-6-17-39)49-36-37-51(62-52-22-13-21-47-45-19-9-12-25-55(45)64-60(47)52)56-48-20-8-11-24-54(48)63-53-23-10-7-18-44(53)46-34-35-50(61)58(57(49)56)59(46)63/h1-37,62H. The Morgan fingerprint density at radius 1 is 0.375 bits per heavy atom. The molecule has 0 amide bonds. The van der Waals surface area contributed by atoms with Crippen LogP contribution in [0, 0.1) is 0 Å². The first kappa shape index (κ1) is 35.6. The topological polar surface area (TPSA) is 17.0 Å². The van der Waals surface area contributed by atoms with Gasteiger partial charge in [0.1, 0.15) is 0 Å². The quantitative estimate of drug-likeness (QED) is 0.177. The van der Waals surface area contributed by atoms with Gasteiger partial charge in [-0.15, -0.1) is 11.3 Å². The van der Waals surface area contributed by atoms with Gasteiger partial charge in [0.05, 0.1) is 32.5 Å². The van der Waals surface area contributed by atoms with Crippen LogP contribution in [0.3, 0.4) is 0 Å². The van der Waals surface area contributed by atoms with Gasteiger partial charge in [-0.25, -0.2) is 0 Å². The van der Waals surface area contributed by atoms with Gasteiger partial charge in [-0.3, -0.25) is 0 Å². The highest BCUT2D eigenvalue weighted by Crippen LogP contribution is 2.63. The molecule has 0 bridgehead atoms. The first-order valence-electron chi connectivity index (χ1n) is 22.1. The summed E-state index contributed by atoms with van der Waals surface area (Å²) in [7, 11) is 0. The van der Waals surface area contributed by atoms with Crippen molar-refractivity contribution in [3.05, 3.63) is 247 Å². The molecule has 0 radical (unpaired) electrons. The number of benzene rings is 10. The highest BCUT2D eigenvalue weighted by molar-refractivity contribution is 7.26. The Morgan fingerprint density at radius 2 is 0.953 bits per heavy atom. The van der Waals surface area contributed by atoms with E-state index in [1.165, 1.54) is 114 Å². The zero-order chi connectivity index (χ0) is 41.9. The molecule has 0 saturated heterocycles. The Kier molecular flexibility index (Phi) is 7.51. The Labute approximate surface area is 375 Å². The van der Waals surface area contributed by atoms with Gasteiger partial charge in [-0.05, 0) is 80.4 Å². The van der Waals surface area contributed by atoms with E-state index in [9.17, 15) is 0 Å². The van der Waals surface area contributed by atoms with E-state index in [2.05, 4.69) is 234 Å². The van der Waals surface area contributed by atoms with Crippen molar-refractivity contribution < 1.29 is 0 Å². The lowest BCUT2D eigenvalue weighted by atomic mass is 9.67. The minimum Gasteiger partial charge on any atom is -0.354 e. The molecule has 3 heterocycles. The summed E-state index contributed by atoms with van der Waals surface area (Å²) >= 11 is 1.86. The molecule has 0 saturated carbocycles. The lowest BCUT2D eigenvalue weighted by Crippen LogP contribution is -2.28. The Balaban J connectivity index is 1.11. The van der Waals surface area contributed by atoms with Gasteiger partial charge in [0, 0.05) is 48.6 Å². The van der Waals surface area contributed by atoms with E-state index in [-0.39, 0.29) is 0 Å². The Bertz CT molecular complexity index is 3760. The number of rotatable bonds is 6. The molecule has 3 heteroatoms. The fraction of sp³-hybridized carbons (Fsp3) is 0.0164. The fourth-order valence-electron chi connectivity index (χ4n) is 11.3. The average Bonchev–Trinajstić information content (AvgIpc) is 3.99. The molecule has 298 valence electrons. The molecule has 1 aliphatic carbocycles. The molecule has 2 aliphatic rings. The van der Waals surface area contributed by atoms with E-state index in [1.54, 1.807) is 0 Å². The summed E-state index contributed by atoms with van der Waals surface area (Å²) < 4.78 is 5.13. The van der Waals surface area contributed by atoms with Crippen LogP contribution < -0.4 is 5.32 Å². The van der Waals surface area contributed by atoms with Gasteiger partial charge in [-0.1, -0.05) is 194 Å². The maximum Gasteiger partial charge on any atom is 0.0714 e. The third kappa shape index (κ3) is 4.85. The fourth-order valence-corrected chi connectivity index (χ4v) is 12.5. The third-order valence-electron chi connectivity index (χ3n) is 14.0. The predicted octanol–water partition coefficient (Wildman–Crippen LogP) is 16.6. The summed E-state index contributed by atoms with van der Waals surface area (Å²) in [5.74, 6) is 0. The molecule has 0 spiro atoms. The number of hydrogen-bond acceptors (Lipinski definition) is 2. The van der Waals surface area contributed by atoms with Crippen LogP contribution in [0.4, 0.5) is 11.4 Å². The van der Waals surface area contributed by atoms with E-state index in [0.29, 0.717) is 0 Å². The molecular formula is C61H38N2S. The minimum absolute atomic E-state index is 0.629. The van der Waals surface area contributed by atoms with E-state index >= 15 is 0 Å². The summed E-state index contributed by atoms with van der Waals surface area (Å²) in [6.45, 7) is 0. The van der Waals surface area contributed by atoms with Gasteiger partial charge in [0.25, 0.3) is 0 Å². The molecular weight excluding hydrogens is 793 g/mol. The summed E-state index contributed by atoms with van der Waals surface area (Å²) in [4.78, 5) is 0. The van der Waals surface area contributed by atoms with Crippen molar-refractivity contribution in [1.29, 1.82) is 0 Å². The summed E-state index contributed by atoms with van der Waals surface area (Å²) in [5.41, 5.74) is 20.2. The number of aromatic nitrogens is 1. The molecule has 2 aromatic heterocycles. The molecule has 0 atom stereocenters. The van der Waals surface area contributed by atoms with Crippen LogP contribution >= 0.6 is 11.3 Å². The second kappa shape index (κ2) is 13.5. The van der Waals surface area contributed by atoms with Crippen molar-refractivity contribution in [1.82, 2.24) is 4.57 Å². The van der Waals surface area contributed by atoms with Crippen LogP contribution in [-0.4, -0.2) is 4.57 Å². The molecule has 12 aromatic rings. The van der Waals surface area contributed by atoms with E-state index in [0.717, 1.165) is 11.4 Å². The van der Waals surface area contributed by atoms with Crippen LogP contribution in [0.1, 0.15) is 22.3 Å². The number of thiophene rings is 1. The molecule has 0 unspecified atom stereocenters. The van der Waals surface area contributed by atoms with E-state index in [1.807, 2.05) is 11.3 Å². The second-order valence-corrected chi connectivity index (χ2v) is 18.3. The first-order chi connectivity index (χ1) is 31.8. The van der Waals surface area contributed by atoms with E-state index < -0.39 is 5.41 Å². The lowest BCUT2D eigenvalue weighted by molar-refractivity contribution is 0.769. The largest absolute Gasteiger partial charge is 0.354 e. The highest BCUT2D eigenvalue weighted by atomic mass is 32.1. The zero-order valence-electron chi connectivity index (χ0n) is 34.7. The highest BCUT2D eigenvalue weighted by Gasteiger charge is 2.49. The summed E-state index contributed by atoms with van der Waals surface area (Å²) in [5, 5.41) is 9.22. The van der Waals surface area contributed by atoms with Gasteiger partial charge < -0.3 is 9.88 Å². The number of fused-ring (bicyclic) bond motifs is 9. The monoisotopic (exact) mass is 830 g/mol. The summed E-state index contributed by atoms with van der Waals surface area (Å²) in [6.07, 6.45) is 0. The normalized spacial score (nSPS) is 13.1. The molecule has 14 rings (SSSR count). The third-order valence-corrected chi connectivity index (χ3v) is 15.3. The maximum atomic E-state index is 4.10. The van der Waals surface area contributed by atoms with Crippen molar-refractivity contribution >= 4 is 64.7 Å². The van der Waals surface area contributed by atoms with Crippen molar-refractivity contribution in [2.24, 2.45) is 0 Å². The number of hydrogen-bond donors (Lipinski definition) is 1. The first-order valence-corrected chi connectivity index (χ1v) is 22.9. The van der Waals surface area contributed by atoms with Crippen molar-refractivity contribution in [2.75, 3.05) is 5.32 Å². The number of nitrogens with one attached hydrogen (secondary N) is 1. The van der Waals surface area contributed by atoms with Crippen LogP contribution in [0.5, 0.6) is 0 Å². The number of anilines is 2. The molecule has 1 aliphatic heterocycles. The number of nitrogens with zero attached hydrogens (tertiary/aromatic N) is 1. The summed E-state index contributed by atoms with van der Waals surface area (Å²) in [6, 6.07) is 83.5. The molecule has 10 aromatic carbocycles. The van der Waals surface area contributed by atoms with Crippen LogP contribution in [0.25, 0.3) is 92.2 Å². The molecule has 1 N–H and O–H groups in total. The number of para-hydroxylation sites is 2. The van der Waals surface area contributed by atoms with Crippen LogP contribution in [0.2, 0.25) is 0 Å². The lowest BCUT2D eigenvalue weighted by Gasteiger charge is -2.35. The Hall–Kier alpha value is -7.98. The predicted molar refractivity (Wildman–Crippen MR) is 271 cm³/mol. The zero-order valence-corrected chi connectivity index (χ0v) is 35.5. The van der Waals surface area contributed by atoms with Gasteiger partial charge in [0.2, 0.25) is 0 Å². The maximum absolute atomic E-state index is 4.10. The van der Waals surface area contributed by atoms with Gasteiger partial charge in [-0.2, -0.15) is 0 Å². The van der Waals surface area contributed by atoms with Gasteiger partial charge in [0.15, 0.2) is 0 Å². The smallest absolute Gasteiger partial charge is 0.0714 e. The second-order valence-electron chi connectivity index (χ2n) is 17.2. The Morgan fingerprint density at radius 3 is 1.69 bits per heavy atom. The van der Waals surface area contributed by atoms with E-state index in [4.69, 9.17) is 0 Å². The van der Waals surface area contributed by atoms with Crippen molar-refractivity contribution in [2.45, 2.75) is 5.41 Å². The molecule has 0 fully saturated rings. The molecule has 2 nitrogen and oxygen atoms in total. The van der Waals surface area contributed by atoms with Crippen molar-refractivity contribution in [3.63, 3.8) is 0 Å². The minimum atomic E-state index is -0.629.